The molecular formula is C19H18N2O2S. The van der Waals surface area contributed by atoms with E-state index in [1.165, 1.54) is 0 Å². The third kappa shape index (κ3) is 4.16. The Bertz CT molecular complexity index is 764. The van der Waals surface area contributed by atoms with Crippen LogP contribution in [0.2, 0.25) is 0 Å². The monoisotopic (exact) mass is 338 g/mol. The maximum absolute atomic E-state index is 12.6. The number of nitrogens with one attached hydrogen (secondary N) is 1. The van der Waals surface area contributed by atoms with Crippen molar-refractivity contribution in [3.8, 4) is 6.07 Å². The molecule has 0 bridgehead atoms. The third-order valence-electron chi connectivity index (χ3n) is 3.83. The first-order valence-electron chi connectivity index (χ1n) is 7.91. The van der Waals surface area contributed by atoms with Crippen molar-refractivity contribution in [3.05, 3.63) is 59.7 Å². The Hall–Kier alpha value is -2.29. The molecule has 0 saturated carbocycles. The van der Waals surface area contributed by atoms with Crippen LogP contribution in [0.15, 0.2) is 53.4 Å². The van der Waals surface area contributed by atoms with Gasteiger partial charge in [0.2, 0.25) is 0 Å². The van der Waals surface area contributed by atoms with Gasteiger partial charge >= 0.3 is 0 Å². The summed E-state index contributed by atoms with van der Waals surface area (Å²) in [5.74, 6) is 0.689. The summed E-state index contributed by atoms with van der Waals surface area (Å²) < 4.78 is 5.64. The number of carbonyl (C=O) groups is 1. The molecule has 1 fully saturated rings. The lowest BCUT2D eigenvalue weighted by Gasteiger charge is -2.12. The van der Waals surface area contributed by atoms with Gasteiger partial charge in [0.05, 0.1) is 23.3 Å². The second-order valence-corrected chi connectivity index (χ2v) is 6.65. The van der Waals surface area contributed by atoms with Crippen molar-refractivity contribution in [2.24, 2.45) is 0 Å². The van der Waals surface area contributed by atoms with E-state index in [1.54, 1.807) is 36.0 Å². The van der Waals surface area contributed by atoms with E-state index < -0.39 is 0 Å². The number of nitriles is 1. The van der Waals surface area contributed by atoms with Crippen LogP contribution in [0, 0.1) is 11.3 Å². The van der Waals surface area contributed by atoms with Crippen molar-refractivity contribution < 1.29 is 9.53 Å². The first kappa shape index (κ1) is 16.6. The number of hydrogen-bond donors (Lipinski definition) is 1. The highest BCUT2D eigenvalue weighted by Gasteiger charge is 2.18. The minimum Gasteiger partial charge on any atom is -0.377 e. The van der Waals surface area contributed by atoms with Gasteiger partial charge in [-0.15, -0.1) is 11.8 Å². The maximum Gasteiger partial charge on any atom is 0.256 e. The molecule has 122 valence electrons. The molecule has 0 unspecified atom stereocenters. The fraction of sp³-hybridized carbons (Fsp3) is 0.263. The number of ether oxygens (including phenoxy) is 1. The highest BCUT2D eigenvalue weighted by molar-refractivity contribution is 7.99. The summed E-state index contributed by atoms with van der Waals surface area (Å²) in [5, 5.41) is 11.8. The van der Waals surface area contributed by atoms with Gasteiger partial charge in [0, 0.05) is 22.9 Å². The molecule has 0 spiro atoms. The van der Waals surface area contributed by atoms with Gasteiger partial charge in [0.15, 0.2) is 0 Å². The Morgan fingerprint density at radius 2 is 2.17 bits per heavy atom. The van der Waals surface area contributed by atoms with E-state index in [0.29, 0.717) is 16.8 Å². The smallest absolute Gasteiger partial charge is 0.256 e. The fourth-order valence-electron chi connectivity index (χ4n) is 2.60. The number of amides is 1. The Kier molecular flexibility index (Phi) is 5.52. The topological polar surface area (TPSA) is 62.1 Å². The first-order chi connectivity index (χ1) is 11.8. The highest BCUT2D eigenvalue weighted by atomic mass is 32.2. The van der Waals surface area contributed by atoms with Crippen LogP contribution in [-0.4, -0.2) is 24.4 Å². The molecule has 1 saturated heterocycles. The second-order valence-electron chi connectivity index (χ2n) is 5.59. The van der Waals surface area contributed by atoms with Crippen LogP contribution in [-0.2, 0) is 4.74 Å². The molecule has 1 amide bonds. The van der Waals surface area contributed by atoms with Crippen molar-refractivity contribution in [1.29, 1.82) is 5.26 Å². The van der Waals surface area contributed by atoms with Crippen LogP contribution in [0.25, 0.3) is 0 Å². The molecule has 1 heterocycles. The van der Waals surface area contributed by atoms with Crippen LogP contribution in [0.4, 0.5) is 5.69 Å². The van der Waals surface area contributed by atoms with E-state index in [2.05, 4.69) is 11.4 Å². The number of hydrogen-bond acceptors (Lipinski definition) is 4. The summed E-state index contributed by atoms with van der Waals surface area (Å²) in [5.41, 5.74) is 1.79. The maximum atomic E-state index is 12.6. The van der Waals surface area contributed by atoms with Gasteiger partial charge in [-0.25, -0.2) is 0 Å². The minimum absolute atomic E-state index is 0.166. The summed E-state index contributed by atoms with van der Waals surface area (Å²) >= 11 is 1.65. The Morgan fingerprint density at radius 1 is 1.29 bits per heavy atom. The number of rotatable bonds is 5. The Morgan fingerprint density at radius 3 is 2.96 bits per heavy atom. The molecule has 2 aromatic rings. The summed E-state index contributed by atoms with van der Waals surface area (Å²) in [6, 6.07) is 16.6. The first-order valence-corrected chi connectivity index (χ1v) is 8.90. The van der Waals surface area contributed by atoms with Crippen LogP contribution in [0.5, 0.6) is 0 Å². The predicted molar refractivity (Wildman–Crippen MR) is 95.3 cm³/mol. The van der Waals surface area contributed by atoms with Gasteiger partial charge in [-0.2, -0.15) is 5.26 Å². The number of benzene rings is 2. The van der Waals surface area contributed by atoms with Gasteiger partial charge in [-0.05, 0) is 43.2 Å². The summed E-state index contributed by atoms with van der Waals surface area (Å²) in [4.78, 5) is 13.5. The summed E-state index contributed by atoms with van der Waals surface area (Å²) in [6.07, 6.45) is 2.48. The molecule has 1 N–H and O–H groups in total. The zero-order chi connectivity index (χ0) is 16.8. The quantitative estimate of drug-likeness (QED) is 0.834. The molecule has 0 aromatic heterocycles. The highest BCUT2D eigenvalue weighted by Crippen LogP contribution is 2.27. The number of thioether (sulfide) groups is 1. The van der Waals surface area contributed by atoms with E-state index in [9.17, 15) is 4.79 Å². The lowest BCUT2D eigenvalue weighted by atomic mass is 10.2. The average Bonchev–Trinajstić information content (AvgIpc) is 3.14. The number of nitrogens with zero attached hydrogens (tertiary/aromatic N) is 1. The van der Waals surface area contributed by atoms with E-state index in [0.717, 1.165) is 30.1 Å². The molecule has 24 heavy (non-hydrogen) atoms. The van der Waals surface area contributed by atoms with Crippen LogP contribution >= 0.6 is 11.8 Å². The van der Waals surface area contributed by atoms with E-state index in [4.69, 9.17) is 10.00 Å². The van der Waals surface area contributed by atoms with Gasteiger partial charge in [-0.3, -0.25) is 4.79 Å². The largest absolute Gasteiger partial charge is 0.377 e. The SMILES string of the molecule is N#Cc1cccc(NC(=O)c2ccccc2SC[C@@H]2CCCO2)c1. The predicted octanol–water partition coefficient (Wildman–Crippen LogP) is 4.08. The Balaban J connectivity index is 1.70. The zero-order valence-corrected chi connectivity index (χ0v) is 14.0. The normalized spacial score (nSPS) is 16.5. The lowest BCUT2D eigenvalue weighted by molar-refractivity contribution is 0.102. The minimum atomic E-state index is -0.166. The summed E-state index contributed by atoms with van der Waals surface area (Å²) in [6.45, 7) is 0.836. The molecular weight excluding hydrogens is 320 g/mol. The lowest BCUT2D eigenvalue weighted by Crippen LogP contribution is -2.14. The van der Waals surface area contributed by atoms with Crippen molar-refractivity contribution in [2.75, 3.05) is 17.7 Å². The molecule has 0 aliphatic carbocycles. The third-order valence-corrected chi connectivity index (χ3v) is 5.04. The van der Waals surface area contributed by atoms with Crippen molar-refractivity contribution in [3.63, 3.8) is 0 Å². The molecule has 1 aliphatic rings. The number of carbonyl (C=O) groups excluding carboxylic acids is 1. The van der Waals surface area contributed by atoms with Gasteiger partial charge in [0.25, 0.3) is 5.91 Å². The standard InChI is InChI=1S/C19H18N2O2S/c20-12-14-5-3-6-15(11-14)21-19(22)17-8-1-2-9-18(17)24-13-16-7-4-10-23-16/h1-3,5-6,8-9,11,16H,4,7,10,13H2,(H,21,22)/t16-/m0/s1. The van der Waals surface area contributed by atoms with Crippen LogP contribution in [0.1, 0.15) is 28.8 Å². The fourth-order valence-corrected chi connectivity index (χ4v) is 3.72. The molecule has 4 nitrogen and oxygen atoms in total. The Labute approximate surface area is 145 Å². The van der Waals surface area contributed by atoms with E-state index in [-0.39, 0.29) is 12.0 Å². The van der Waals surface area contributed by atoms with Gasteiger partial charge < -0.3 is 10.1 Å². The molecule has 1 atom stereocenters. The van der Waals surface area contributed by atoms with E-state index in [1.807, 2.05) is 24.3 Å². The van der Waals surface area contributed by atoms with Crippen molar-refractivity contribution in [1.82, 2.24) is 0 Å². The molecule has 1 aliphatic heterocycles. The zero-order valence-electron chi connectivity index (χ0n) is 13.2. The van der Waals surface area contributed by atoms with E-state index >= 15 is 0 Å². The molecule has 3 rings (SSSR count). The van der Waals surface area contributed by atoms with Crippen molar-refractivity contribution >= 4 is 23.4 Å². The number of anilines is 1. The van der Waals surface area contributed by atoms with Crippen molar-refractivity contribution in [2.45, 2.75) is 23.8 Å². The van der Waals surface area contributed by atoms with Gasteiger partial charge in [-0.1, -0.05) is 18.2 Å². The van der Waals surface area contributed by atoms with Gasteiger partial charge in [0.1, 0.15) is 0 Å². The second kappa shape index (κ2) is 8.00. The molecule has 5 heteroatoms. The average molecular weight is 338 g/mol. The van der Waals surface area contributed by atoms with Crippen LogP contribution < -0.4 is 5.32 Å². The molecule has 0 radical (unpaired) electrons. The summed E-state index contributed by atoms with van der Waals surface area (Å²) in [7, 11) is 0. The molecule has 2 aromatic carbocycles. The van der Waals surface area contributed by atoms with Crippen LogP contribution in [0.3, 0.4) is 0 Å².